The van der Waals surface area contributed by atoms with Crippen molar-refractivity contribution in [3.05, 3.63) is 69.7 Å². The number of aromatic nitrogens is 2. The molecule has 1 aromatic carbocycles. The van der Waals surface area contributed by atoms with E-state index < -0.39 is 11.9 Å². The van der Waals surface area contributed by atoms with Gasteiger partial charge in [0.1, 0.15) is 17.4 Å². The predicted octanol–water partition coefficient (Wildman–Crippen LogP) is 3.28. The number of imidazole rings is 1. The fraction of sp³-hybridized carbons (Fsp3) is 0.211. The molecule has 7 nitrogen and oxygen atoms in total. The molecule has 2 N–H and O–H groups in total. The van der Waals surface area contributed by atoms with E-state index in [0.717, 1.165) is 15.7 Å². The summed E-state index contributed by atoms with van der Waals surface area (Å²) in [7, 11) is 0. The molecule has 2 aromatic rings. The maximum atomic E-state index is 12.5. The van der Waals surface area contributed by atoms with Gasteiger partial charge in [0.25, 0.3) is 0 Å². The number of benzene rings is 1. The molecule has 1 aliphatic rings. The number of carbonyl (C=O) groups is 1. The number of esters is 1. The van der Waals surface area contributed by atoms with Crippen LogP contribution in [0.1, 0.15) is 25.3 Å². The number of nitrogens with zero attached hydrogens (tertiary/aromatic N) is 3. The molecular weight excluding hydrogens is 412 g/mol. The summed E-state index contributed by atoms with van der Waals surface area (Å²) in [6, 6.07) is 7.63. The average molecular weight is 429 g/mol. The highest BCUT2D eigenvalue weighted by molar-refractivity contribution is 9.10. The van der Waals surface area contributed by atoms with Gasteiger partial charge in [-0.15, -0.1) is 0 Å². The molecule has 1 aliphatic heterocycles. The zero-order valence-corrected chi connectivity index (χ0v) is 16.4. The monoisotopic (exact) mass is 428 g/mol. The molecule has 1 unspecified atom stereocenters. The molecule has 0 aliphatic carbocycles. The van der Waals surface area contributed by atoms with Crippen molar-refractivity contribution in [2.24, 2.45) is 5.73 Å². The van der Waals surface area contributed by atoms with Crippen molar-refractivity contribution in [3.8, 4) is 11.8 Å². The topological polar surface area (TPSA) is 103 Å². The van der Waals surface area contributed by atoms with Gasteiger partial charge >= 0.3 is 5.97 Å². The van der Waals surface area contributed by atoms with Crippen molar-refractivity contribution < 1.29 is 14.3 Å². The number of rotatable bonds is 4. The van der Waals surface area contributed by atoms with E-state index in [1.165, 1.54) is 0 Å². The molecule has 0 amide bonds. The van der Waals surface area contributed by atoms with Crippen LogP contribution in [-0.2, 0) is 14.3 Å². The van der Waals surface area contributed by atoms with Gasteiger partial charge in [-0.3, -0.25) is 0 Å². The highest BCUT2D eigenvalue weighted by atomic mass is 79.9. The van der Waals surface area contributed by atoms with E-state index in [1.807, 2.05) is 29.0 Å². The van der Waals surface area contributed by atoms with Gasteiger partial charge in [-0.1, -0.05) is 6.07 Å². The summed E-state index contributed by atoms with van der Waals surface area (Å²) < 4.78 is 13.2. The number of carbonyl (C=O) groups excluding carboxylic acids is 1. The zero-order chi connectivity index (χ0) is 19.6. The predicted molar refractivity (Wildman–Crippen MR) is 101 cm³/mol. The Balaban J connectivity index is 2.12. The molecular formula is C19H17BrN4O3. The van der Waals surface area contributed by atoms with E-state index in [2.05, 4.69) is 27.0 Å². The number of nitrogens with two attached hydrogens (primary N) is 1. The third-order valence-corrected chi connectivity index (χ3v) is 4.82. The Morgan fingerprint density at radius 2 is 2.30 bits per heavy atom. The Morgan fingerprint density at radius 1 is 1.52 bits per heavy atom. The lowest BCUT2D eigenvalue weighted by atomic mass is 9.83. The first-order valence-electron chi connectivity index (χ1n) is 8.21. The minimum absolute atomic E-state index is 0.0112. The molecule has 0 fully saturated rings. The molecule has 0 radical (unpaired) electrons. The minimum Gasteiger partial charge on any atom is -0.463 e. The first kappa shape index (κ1) is 18.7. The van der Waals surface area contributed by atoms with Crippen molar-refractivity contribution >= 4 is 21.9 Å². The molecule has 138 valence electrons. The lowest BCUT2D eigenvalue weighted by Gasteiger charge is -2.27. The lowest BCUT2D eigenvalue weighted by molar-refractivity contribution is -0.139. The molecule has 2 heterocycles. The van der Waals surface area contributed by atoms with E-state index in [4.69, 9.17) is 15.2 Å². The van der Waals surface area contributed by atoms with Crippen molar-refractivity contribution in [1.29, 1.82) is 5.26 Å². The number of hydrogen-bond acceptors (Lipinski definition) is 6. The largest absolute Gasteiger partial charge is 0.463 e. The minimum atomic E-state index is -0.670. The Labute approximate surface area is 164 Å². The fourth-order valence-corrected chi connectivity index (χ4v) is 3.60. The average Bonchev–Trinajstić information content (AvgIpc) is 3.15. The smallest absolute Gasteiger partial charge is 0.338 e. The van der Waals surface area contributed by atoms with Crippen LogP contribution in [0.4, 0.5) is 0 Å². The molecule has 0 saturated heterocycles. The van der Waals surface area contributed by atoms with Crippen molar-refractivity contribution in [2.75, 3.05) is 6.61 Å². The second-order valence-electron chi connectivity index (χ2n) is 5.80. The molecule has 0 saturated carbocycles. The van der Waals surface area contributed by atoms with Gasteiger partial charge in [0, 0.05) is 16.9 Å². The summed E-state index contributed by atoms with van der Waals surface area (Å²) in [6.07, 6.45) is 5.18. The van der Waals surface area contributed by atoms with E-state index in [9.17, 15) is 10.1 Å². The van der Waals surface area contributed by atoms with E-state index in [0.29, 0.717) is 5.76 Å². The van der Waals surface area contributed by atoms with E-state index in [1.54, 1.807) is 26.4 Å². The van der Waals surface area contributed by atoms with Gasteiger partial charge in [0.2, 0.25) is 5.88 Å². The van der Waals surface area contributed by atoms with Crippen LogP contribution < -0.4 is 5.73 Å². The lowest BCUT2D eigenvalue weighted by Crippen LogP contribution is -2.25. The van der Waals surface area contributed by atoms with Crippen LogP contribution >= 0.6 is 15.9 Å². The van der Waals surface area contributed by atoms with Crippen molar-refractivity contribution in [1.82, 2.24) is 9.55 Å². The Bertz CT molecular complexity index is 987. The standard InChI is InChI=1S/C19H17BrN4O3/c1-3-26-19(25)16-11(2)27-18(22)13(9-21)17(16)12-4-5-15(14(20)8-12)24-7-6-23-10-24/h4-8,10,17H,3,22H2,1-2H3. The number of nitriles is 1. The maximum Gasteiger partial charge on any atom is 0.338 e. The van der Waals surface area contributed by atoms with Gasteiger partial charge in [-0.25, -0.2) is 9.78 Å². The summed E-state index contributed by atoms with van der Waals surface area (Å²) >= 11 is 3.55. The molecule has 0 spiro atoms. The molecule has 27 heavy (non-hydrogen) atoms. The molecule has 1 aromatic heterocycles. The Hall–Kier alpha value is -3.05. The third-order valence-electron chi connectivity index (χ3n) is 4.19. The summed E-state index contributed by atoms with van der Waals surface area (Å²) in [5.41, 5.74) is 7.95. The van der Waals surface area contributed by atoms with Crippen LogP contribution in [0.2, 0.25) is 0 Å². The quantitative estimate of drug-likeness (QED) is 0.749. The highest BCUT2D eigenvalue weighted by Crippen LogP contribution is 2.40. The first-order valence-corrected chi connectivity index (χ1v) is 9.00. The summed E-state index contributed by atoms with van der Waals surface area (Å²) in [6.45, 7) is 3.57. The maximum absolute atomic E-state index is 12.5. The molecule has 1 atom stereocenters. The number of allylic oxidation sites excluding steroid dienone is 2. The molecule has 0 bridgehead atoms. The van der Waals surface area contributed by atoms with Gasteiger partial charge in [0.05, 0.1) is 30.1 Å². The van der Waals surface area contributed by atoms with Gasteiger partial charge < -0.3 is 19.8 Å². The van der Waals surface area contributed by atoms with E-state index in [-0.39, 0.29) is 23.6 Å². The van der Waals surface area contributed by atoms with Crippen LogP contribution in [0.25, 0.3) is 5.69 Å². The van der Waals surface area contributed by atoms with Gasteiger partial charge in [-0.2, -0.15) is 5.26 Å². The van der Waals surface area contributed by atoms with Gasteiger partial charge in [-0.05, 0) is 47.5 Å². The fourth-order valence-electron chi connectivity index (χ4n) is 3.00. The first-order chi connectivity index (χ1) is 13.0. The SMILES string of the molecule is CCOC(=O)C1=C(C)OC(N)=C(C#N)C1c1ccc(-n2ccnc2)c(Br)c1. The van der Waals surface area contributed by atoms with Crippen LogP contribution in [0.5, 0.6) is 0 Å². The van der Waals surface area contributed by atoms with Crippen LogP contribution in [0.3, 0.4) is 0 Å². The number of ether oxygens (including phenoxy) is 2. The summed E-state index contributed by atoms with van der Waals surface area (Å²) in [5.74, 6) is -0.890. The van der Waals surface area contributed by atoms with Crippen molar-refractivity contribution in [2.45, 2.75) is 19.8 Å². The zero-order valence-electron chi connectivity index (χ0n) is 14.8. The number of hydrogen-bond donors (Lipinski definition) is 1. The summed E-state index contributed by atoms with van der Waals surface area (Å²) in [4.78, 5) is 16.6. The second-order valence-corrected chi connectivity index (χ2v) is 6.65. The third kappa shape index (κ3) is 3.46. The highest BCUT2D eigenvalue weighted by Gasteiger charge is 2.36. The number of halogens is 1. The van der Waals surface area contributed by atoms with Gasteiger partial charge in [0.15, 0.2) is 0 Å². The Kier molecular flexibility index (Phi) is 5.33. The summed E-state index contributed by atoms with van der Waals surface area (Å²) in [5, 5.41) is 9.62. The second kappa shape index (κ2) is 7.68. The van der Waals surface area contributed by atoms with Crippen molar-refractivity contribution in [3.63, 3.8) is 0 Å². The van der Waals surface area contributed by atoms with E-state index >= 15 is 0 Å². The van der Waals surface area contributed by atoms with Crippen LogP contribution in [0.15, 0.2) is 64.2 Å². The normalized spacial score (nSPS) is 16.7. The molecule has 8 heteroatoms. The van der Waals surface area contributed by atoms with Crippen LogP contribution in [-0.4, -0.2) is 22.1 Å². The molecule has 3 rings (SSSR count). The van der Waals surface area contributed by atoms with Crippen LogP contribution in [0, 0.1) is 11.3 Å². The Morgan fingerprint density at radius 3 is 2.89 bits per heavy atom.